The van der Waals surface area contributed by atoms with Crippen LogP contribution in [0.15, 0.2) is 18.2 Å². The zero-order chi connectivity index (χ0) is 14.4. The molecule has 4 heteroatoms. The monoisotopic (exact) mass is 280 g/mol. The zero-order valence-electron chi connectivity index (χ0n) is 12.5. The fourth-order valence-corrected chi connectivity index (χ4v) is 2.63. The van der Waals surface area contributed by atoms with E-state index in [4.69, 9.17) is 0 Å². The molecule has 1 unspecified atom stereocenters. The number of thioether (sulfide) groups is 1. The molecular formula is C15H24N2OS. The van der Waals surface area contributed by atoms with Crippen molar-refractivity contribution in [2.24, 2.45) is 0 Å². The van der Waals surface area contributed by atoms with Gasteiger partial charge in [0.1, 0.15) is 0 Å². The van der Waals surface area contributed by atoms with E-state index in [1.807, 2.05) is 44.0 Å². The summed E-state index contributed by atoms with van der Waals surface area (Å²) < 4.78 is 0. The van der Waals surface area contributed by atoms with Crippen LogP contribution in [0.4, 0.5) is 5.69 Å². The van der Waals surface area contributed by atoms with Crippen molar-refractivity contribution in [2.75, 3.05) is 30.9 Å². The van der Waals surface area contributed by atoms with Crippen molar-refractivity contribution in [3.8, 4) is 0 Å². The molecule has 0 saturated carbocycles. The Balaban J connectivity index is 3.00. The van der Waals surface area contributed by atoms with Gasteiger partial charge in [0.2, 0.25) is 0 Å². The van der Waals surface area contributed by atoms with Gasteiger partial charge in [-0.1, -0.05) is 11.6 Å². The molecule has 0 spiro atoms. The van der Waals surface area contributed by atoms with Crippen LogP contribution in [0.2, 0.25) is 0 Å². The lowest BCUT2D eigenvalue weighted by Crippen LogP contribution is -2.37. The number of carbonyl (C=O) groups excluding carboxylic acids is 1. The summed E-state index contributed by atoms with van der Waals surface area (Å²) >= 11 is 1.76. The summed E-state index contributed by atoms with van der Waals surface area (Å²) in [5, 5.41) is 3.26. The first kappa shape index (κ1) is 15.9. The molecule has 19 heavy (non-hydrogen) atoms. The molecule has 0 fully saturated rings. The third-order valence-electron chi connectivity index (χ3n) is 3.16. The van der Waals surface area contributed by atoms with Crippen LogP contribution >= 0.6 is 11.8 Å². The van der Waals surface area contributed by atoms with Crippen LogP contribution < -0.4 is 5.32 Å². The molecule has 1 amide bonds. The van der Waals surface area contributed by atoms with E-state index in [2.05, 4.69) is 18.5 Å². The maximum absolute atomic E-state index is 12.6. The van der Waals surface area contributed by atoms with Gasteiger partial charge in [0.05, 0.1) is 5.56 Å². The highest BCUT2D eigenvalue weighted by Gasteiger charge is 2.19. The molecule has 0 aromatic heterocycles. The predicted octanol–water partition coefficient (Wildman–Crippen LogP) is 3.25. The number of amides is 1. The highest BCUT2D eigenvalue weighted by atomic mass is 32.2. The molecule has 0 aliphatic heterocycles. The van der Waals surface area contributed by atoms with Gasteiger partial charge in [-0.15, -0.1) is 0 Å². The van der Waals surface area contributed by atoms with E-state index in [1.165, 1.54) is 0 Å². The number of anilines is 1. The highest BCUT2D eigenvalue weighted by Crippen LogP contribution is 2.20. The summed E-state index contributed by atoms with van der Waals surface area (Å²) in [5.74, 6) is 1.03. The summed E-state index contributed by atoms with van der Waals surface area (Å²) in [6, 6.07) is 6.21. The van der Waals surface area contributed by atoms with Gasteiger partial charge in [-0.2, -0.15) is 11.8 Å². The Hall–Kier alpha value is -1.16. The highest BCUT2D eigenvalue weighted by molar-refractivity contribution is 7.98. The minimum absolute atomic E-state index is 0.0844. The summed E-state index contributed by atoms with van der Waals surface area (Å²) in [5.41, 5.74) is 2.79. The molecule has 0 aliphatic carbocycles. The van der Waals surface area contributed by atoms with E-state index in [9.17, 15) is 4.79 Å². The van der Waals surface area contributed by atoms with E-state index < -0.39 is 0 Å². The molecule has 1 rings (SSSR count). The van der Waals surface area contributed by atoms with Crippen LogP contribution in [-0.4, -0.2) is 42.4 Å². The second-order valence-corrected chi connectivity index (χ2v) is 5.71. The van der Waals surface area contributed by atoms with Gasteiger partial charge in [0.25, 0.3) is 5.91 Å². The van der Waals surface area contributed by atoms with Gasteiger partial charge in [0.15, 0.2) is 0 Å². The van der Waals surface area contributed by atoms with Crippen molar-refractivity contribution in [1.29, 1.82) is 0 Å². The van der Waals surface area contributed by atoms with Crippen molar-refractivity contribution in [3.63, 3.8) is 0 Å². The number of hydrogen-bond acceptors (Lipinski definition) is 3. The van der Waals surface area contributed by atoms with Crippen LogP contribution in [0.5, 0.6) is 0 Å². The number of nitrogens with zero attached hydrogens (tertiary/aromatic N) is 1. The molecule has 1 N–H and O–H groups in total. The van der Waals surface area contributed by atoms with E-state index in [-0.39, 0.29) is 11.9 Å². The largest absolute Gasteiger partial charge is 0.385 e. The Bertz CT molecular complexity index is 434. The van der Waals surface area contributed by atoms with Gasteiger partial charge < -0.3 is 10.2 Å². The Labute approximate surface area is 120 Å². The second kappa shape index (κ2) is 7.43. The lowest BCUT2D eigenvalue weighted by atomic mass is 10.1. The molecule has 106 valence electrons. The van der Waals surface area contributed by atoms with Gasteiger partial charge in [-0.3, -0.25) is 4.79 Å². The fraction of sp³-hybridized carbons (Fsp3) is 0.533. The van der Waals surface area contributed by atoms with Gasteiger partial charge >= 0.3 is 0 Å². The Kier molecular flexibility index (Phi) is 6.22. The van der Waals surface area contributed by atoms with Crippen LogP contribution in [0, 0.1) is 6.92 Å². The first-order chi connectivity index (χ1) is 9.01. The molecule has 0 saturated heterocycles. The Morgan fingerprint density at radius 2 is 2.16 bits per heavy atom. The van der Waals surface area contributed by atoms with Crippen LogP contribution in [0.25, 0.3) is 0 Å². The van der Waals surface area contributed by atoms with E-state index in [1.54, 1.807) is 11.8 Å². The van der Waals surface area contributed by atoms with E-state index >= 15 is 0 Å². The van der Waals surface area contributed by atoms with Crippen molar-refractivity contribution >= 4 is 23.4 Å². The Morgan fingerprint density at radius 3 is 2.74 bits per heavy atom. The minimum Gasteiger partial charge on any atom is -0.385 e. The smallest absolute Gasteiger partial charge is 0.255 e. The average Bonchev–Trinajstić information content (AvgIpc) is 2.39. The first-order valence-corrected chi connectivity index (χ1v) is 8.01. The van der Waals surface area contributed by atoms with Crippen molar-refractivity contribution in [2.45, 2.75) is 26.8 Å². The number of aryl methyl sites for hydroxylation is 1. The summed E-state index contributed by atoms with van der Waals surface area (Å²) in [6.45, 7) is 6.94. The fourth-order valence-electron chi connectivity index (χ4n) is 1.92. The maximum Gasteiger partial charge on any atom is 0.255 e. The summed E-state index contributed by atoms with van der Waals surface area (Å²) in [6.07, 6.45) is 2.06. The van der Waals surface area contributed by atoms with Crippen LogP contribution in [0.1, 0.15) is 29.8 Å². The SMILES string of the molecule is CCNc1ccc(C)cc1C(=O)N(C)C(C)CSC. The molecule has 0 heterocycles. The van der Waals surface area contributed by atoms with E-state index in [0.717, 1.165) is 29.1 Å². The maximum atomic E-state index is 12.6. The standard InChI is InChI=1S/C15H24N2OS/c1-6-16-14-8-7-11(2)9-13(14)15(18)17(4)12(3)10-19-5/h7-9,12,16H,6,10H2,1-5H3. The lowest BCUT2D eigenvalue weighted by Gasteiger charge is -2.25. The van der Waals surface area contributed by atoms with Crippen LogP contribution in [0.3, 0.4) is 0 Å². The lowest BCUT2D eigenvalue weighted by molar-refractivity contribution is 0.0758. The third-order valence-corrected chi connectivity index (χ3v) is 3.98. The number of rotatable bonds is 6. The minimum atomic E-state index is 0.0844. The molecule has 1 aromatic carbocycles. The molecular weight excluding hydrogens is 256 g/mol. The average molecular weight is 280 g/mol. The topological polar surface area (TPSA) is 32.3 Å². The van der Waals surface area contributed by atoms with E-state index in [0.29, 0.717) is 0 Å². The van der Waals surface area contributed by atoms with Gasteiger partial charge in [0, 0.05) is 31.1 Å². The quantitative estimate of drug-likeness (QED) is 0.868. The summed E-state index contributed by atoms with van der Waals surface area (Å²) in [4.78, 5) is 14.4. The first-order valence-electron chi connectivity index (χ1n) is 6.61. The van der Waals surface area contributed by atoms with Crippen molar-refractivity contribution in [3.05, 3.63) is 29.3 Å². The molecule has 0 bridgehead atoms. The third kappa shape index (κ3) is 4.16. The summed E-state index contributed by atoms with van der Waals surface area (Å²) in [7, 11) is 1.88. The zero-order valence-corrected chi connectivity index (χ0v) is 13.3. The van der Waals surface area contributed by atoms with Crippen molar-refractivity contribution in [1.82, 2.24) is 4.90 Å². The molecule has 0 radical (unpaired) electrons. The Morgan fingerprint density at radius 1 is 1.47 bits per heavy atom. The molecule has 1 aromatic rings. The molecule has 1 atom stereocenters. The van der Waals surface area contributed by atoms with Crippen LogP contribution in [-0.2, 0) is 0 Å². The predicted molar refractivity (Wildman–Crippen MR) is 85.3 cm³/mol. The number of hydrogen-bond donors (Lipinski definition) is 1. The number of nitrogens with one attached hydrogen (secondary N) is 1. The van der Waals surface area contributed by atoms with Crippen molar-refractivity contribution < 1.29 is 4.79 Å². The number of carbonyl (C=O) groups is 1. The molecule has 3 nitrogen and oxygen atoms in total. The van der Waals surface area contributed by atoms with Gasteiger partial charge in [-0.05, 0) is 39.2 Å². The second-order valence-electron chi connectivity index (χ2n) is 4.80. The number of benzene rings is 1. The normalized spacial score (nSPS) is 12.1. The molecule has 0 aliphatic rings. The van der Waals surface area contributed by atoms with Gasteiger partial charge in [-0.25, -0.2) is 0 Å².